The monoisotopic (exact) mass is 173 g/mol. The number of rotatable bonds is 1. The Morgan fingerprint density at radius 1 is 1.58 bits per heavy atom. The van der Waals surface area contributed by atoms with E-state index in [0.717, 1.165) is 0 Å². The number of nitrogens with zero attached hydrogens (tertiary/aromatic N) is 1. The highest BCUT2D eigenvalue weighted by molar-refractivity contribution is 5.72. The van der Waals surface area contributed by atoms with Crippen molar-refractivity contribution in [2.45, 2.75) is 12.5 Å². The molecule has 0 aromatic carbocycles. The van der Waals surface area contributed by atoms with Crippen LogP contribution in [-0.2, 0) is 9.53 Å². The van der Waals surface area contributed by atoms with Crippen molar-refractivity contribution in [3.63, 3.8) is 0 Å². The third-order valence-electron chi connectivity index (χ3n) is 2.15. The summed E-state index contributed by atoms with van der Waals surface area (Å²) < 4.78 is 4.61. The molecule has 0 spiro atoms. The van der Waals surface area contributed by atoms with E-state index >= 15 is 0 Å². The number of aliphatic hydroxyl groups excluding tert-OH is 1. The number of hydrogen-bond donors (Lipinski definition) is 1. The normalized spacial score (nSPS) is 31.6. The fourth-order valence-corrected chi connectivity index (χ4v) is 1.63. The second kappa shape index (κ2) is 3.87. The second-order valence-corrected chi connectivity index (χ2v) is 3.33. The number of β-amino-alcohol motifs (C(OH)–C–C–N with tert-alkyl or cyclic N) is 1. The first-order chi connectivity index (χ1) is 5.63. The van der Waals surface area contributed by atoms with E-state index < -0.39 is 6.10 Å². The lowest BCUT2D eigenvalue weighted by atomic mass is 9.97. The van der Waals surface area contributed by atoms with E-state index in [1.165, 1.54) is 7.11 Å². The van der Waals surface area contributed by atoms with Gasteiger partial charge in [-0.15, -0.1) is 0 Å². The first kappa shape index (κ1) is 9.48. The molecule has 0 radical (unpaired) electrons. The van der Waals surface area contributed by atoms with Crippen LogP contribution in [0.4, 0.5) is 0 Å². The standard InChI is InChI=1S/C8H15NO3/c1-9-4-6(8(11)12-2)3-7(10)5-9/h6-7,10H,3-5H2,1-2H3. The summed E-state index contributed by atoms with van der Waals surface area (Å²) in [7, 11) is 3.27. The molecular weight excluding hydrogens is 158 g/mol. The third-order valence-corrected chi connectivity index (χ3v) is 2.15. The van der Waals surface area contributed by atoms with E-state index in [2.05, 4.69) is 4.74 Å². The maximum atomic E-state index is 11.1. The Morgan fingerprint density at radius 2 is 2.25 bits per heavy atom. The van der Waals surface area contributed by atoms with Crippen molar-refractivity contribution in [2.75, 3.05) is 27.2 Å². The number of aliphatic hydroxyl groups is 1. The highest BCUT2D eigenvalue weighted by Crippen LogP contribution is 2.16. The summed E-state index contributed by atoms with van der Waals surface area (Å²) in [6.45, 7) is 1.33. The zero-order valence-corrected chi connectivity index (χ0v) is 7.49. The first-order valence-corrected chi connectivity index (χ1v) is 4.08. The fraction of sp³-hybridized carbons (Fsp3) is 0.875. The molecule has 1 rings (SSSR count). The molecule has 0 aromatic heterocycles. The summed E-state index contributed by atoms with van der Waals surface area (Å²) in [5, 5.41) is 9.34. The average molecular weight is 173 g/mol. The molecule has 1 aliphatic heterocycles. The molecule has 12 heavy (non-hydrogen) atoms. The van der Waals surface area contributed by atoms with Gasteiger partial charge in [0.05, 0.1) is 19.1 Å². The van der Waals surface area contributed by atoms with Crippen LogP contribution in [0.2, 0.25) is 0 Å². The van der Waals surface area contributed by atoms with Crippen LogP contribution in [-0.4, -0.2) is 49.3 Å². The van der Waals surface area contributed by atoms with Crippen molar-refractivity contribution in [2.24, 2.45) is 5.92 Å². The Morgan fingerprint density at radius 3 is 2.75 bits per heavy atom. The van der Waals surface area contributed by atoms with Gasteiger partial charge in [0.1, 0.15) is 0 Å². The summed E-state index contributed by atoms with van der Waals surface area (Å²) >= 11 is 0. The van der Waals surface area contributed by atoms with Gasteiger partial charge in [-0.2, -0.15) is 0 Å². The molecule has 1 aliphatic rings. The van der Waals surface area contributed by atoms with E-state index in [9.17, 15) is 9.90 Å². The maximum Gasteiger partial charge on any atom is 0.310 e. The summed E-state index contributed by atoms with van der Waals surface area (Å²) in [4.78, 5) is 13.0. The highest BCUT2D eigenvalue weighted by Gasteiger charge is 2.29. The van der Waals surface area contributed by atoms with E-state index in [-0.39, 0.29) is 11.9 Å². The number of likely N-dealkylation sites (N-methyl/N-ethyl adjacent to an activating group) is 1. The fourth-order valence-electron chi connectivity index (χ4n) is 1.63. The van der Waals surface area contributed by atoms with E-state index in [1.807, 2.05) is 11.9 Å². The van der Waals surface area contributed by atoms with Gasteiger partial charge in [-0.1, -0.05) is 0 Å². The number of hydrogen-bond acceptors (Lipinski definition) is 4. The van der Waals surface area contributed by atoms with E-state index in [4.69, 9.17) is 0 Å². The smallest absolute Gasteiger partial charge is 0.310 e. The number of carbonyl (C=O) groups is 1. The van der Waals surface area contributed by atoms with Crippen LogP contribution < -0.4 is 0 Å². The van der Waals surface area contributed by atoms with Crippen molar-refractivity contribution < 1.29 is 14.6 Å². The van der Waals surface area contributed by atoms with Crippen molar-refractivity contribution in [1.29, 1.82) is 0 Å². The van der Waals surface area contributed by atoms with Gasteiger partial charge in [0.2, 0.25) is 0 Å². The molecule has 4 heteroatoms. The Kier molecular flexibility index (Phi) is 3.05. The van der Waals surface area contributed by atoms with Crippen molar-refractivity contribution in [3.8, 4) is 0 Å². The Balaban J connectivity index is 2.49. The van der Waals surface area contributed by atoms with Crippen molar-refractivity contribution in [1.82, 2.24) is 4.90 Å². The van der Waals surface area contributed by atoms with Gasteiger partial charge >= 0.3 is 5.97 Å². The van der Waals surface area contributed by atoms with Gasteiger partial charge in [0, 0.05) is 13.1 Å². The number of carbonyl (C=O) groups excluding carboxylic acids is 1. The molecule has 0 aromatic rings. The number of ether oxygens (including phenoxy) is 1. The molecular formula is C8H15NO3. The summed E-state index contributed by atoms with van der Waals surface area (Å²) in [5.41, 5.74) is 0. The van der Waals surface area contributed by atoms with Crippen LogP contribution in [0.25, 0.3) is 0 Å². The lowest BCUT2D eigenvalue weighted by molar-refractivity contribution is -0.149. The number of esters is 1. The minimum atomic E-state index is -0.396. The largest absolute Gasteiger partial charge is 0.469 e. The van der Waals surface area contributed by atoms with Gasteiger partial charge in [0.15, 0.2) is 0 Å². The maximum absolute atomic E-state index is 11.1. The van der Waals surface area contributed by atoms with Crippen LogP contribution in [0.3, 0.4) is 0 Å². The minimum absolute atomic E-state index is 0.163. The summed E-state index contributed by atoms with van der Waals surface area (Å²) in [6.07, 6.45) is 0.129. The molecule has 1 heterocycles. The molecule has 0 amide bonds. The van der Waals surface area contributed by atoms with Crippen LogP contribution in [0.5, 0.6) is 0 Å². The third kappa shape index (κ3) is 2.19. The van der Waals surface area contributed by atoms with Crippen LogP contribution in [0.1, 0.15) is 6.42 Å². The number of likely N-dealkylation sites (tertiary alicyclic amines) is 1. The number of methoxy groups -OCH3 is 1. The quantitative estimate of drug-likeness (QED) is 0.542. The molecule has 2 unspecified atom stereocenters. The lowest BCUT2D eigenvalue weighted by Gasteiger charge is -2.31. The summed E-state index contributed by atoms with van der Waals surface area (Å²) in [6, 6.07) is 0. The molecule has 1 N–H and O–H groups in total. The SMILES string of the molecule is COC(=O)C1CC(O)CN(C)C1. The molecule has 70 valence electrons. The van der Waals surface area contributed by atoms with E-state index in [1.54, 1.807) is 0 Å². The average Bonchev–Trinajstić information content (AvgIpc) is 2.01. The zero-order chi connectivity index (χ0) is 9.14. The van der Waals surface area contributed by atoms with Crippen molar-refractivity contribution in [3.05, 3.63) is 0 Å². The van der Waals surface area contributed by atoms with Crippen molar-refractivity contribution >= 4 is 5.97 Å². The molecule has 4 nitrogen and oxygen atoms in total. The molecule has 0 bridgehead atoms. The molecule has 0 aliphatic carbocycles. The molecule has 0 saturated carbocycles. The minimum Gasteiger partial charge on any atom is -0.469 e. The predicted molar refractivity (Wildman–Crippen MR) is 43.6 cm³/mol. The zero-order valence-electron chi connectivity index (χ0n) is 7.49. The van der Waals surface area contributed by atoms with Gasteiger partial charge in [-0.05, 0) is 13.5 Å². The van der Waals surface area contributed by atoms with Gasteiger partial charge in [-0.25, -0.2) is 0 Å². The van der Waals surface area contributed by atoms with Crippen LogP contribution >= 0.6 is 0 Å². The predicted octanol–water partition coefficient (Wildman–Crippen LogP) is -0.528. The lowest BCUT2D eigenvalue weighted by Crippen LogP contribution is -2.43. The Labute approximate surface area is 72.1 Å². The van der Waals surface area contributed by atoms with Crippen LogP contribution in [0, 0.1) is 5.92 Å². The Hall–Kier alpha value is -0.610. The topological polar surface area (TPSA) is 49.8 Å². The molecule has 1 saturated heterocycles. The van der Waals surface area contributed by atoms with Gasteiger partial charge in [0.25, 0.3) is 0 Å². The van der Waals surface area contributed by atoms with E-state index in [0.29, 0.717) is 19.5 Å². The van der Waals surface area contributed by atoms with Gasteiger partial charge in [-0.3, -0.25) is 4.79 Å². The van der Waals surface area contributed by atoms with Gasteiger partial charge < -0.3 is 14.7 Å². The first-order valence-electron chi connectivity index (χ1n) is 4.08. The summed E-state index contributed by atoms with van der Waals surface area (Å²) in [5.74, 6) is -0.385. The second-order valence-electron chi connectivity index (χ2n) is 3.33. The highest BCUT2D eigenvalue weighted by atomic mass is 16.5. The Bertz CT molecular complexity index is 162. The van der Waals surface area contributed by atoms with Crippen LogP contribution in [0.15, 0.2) is 0 Å². The molecule has 2 atom stereocenters. The number of piperidine rings is 1. The molecule has 1 fully saturated rings.